The predicted octanol–water partition coefficient (Wildman–Crippen LogP) is 14.3. The number of rotatable bonds is 7. The largest absolute Gasteiger partial charge is 0.274 e. The SMILES string of the molecule is C=C(C)N=C(N=C(C)c1ccccc1)c1ccccc1.CCc1ccccc1-c1cc(-c2cccc(-c3nc4ccccc4n3C(C)=O)c2C)ccc1C.Cc1ccccc1. The molecule has 0 aliphatic rings. The molecular weight excluding hydrogens is 745 g/mol. The number of fused-ring (bicyclic) bond motifs is 1. The Balaban J connectivity index is 0.000000193. The summed E-state index contributed by atoms with van der Waals surface area (Å²) in [6, 6.07) is 59.7. The molecule has 0 amide bonds. The minimum atomic E-state index is -0.0395. The van der Waals surface area contributed by atoms with Gasteiger partial charge in [-0.25, -0.2) is 15.0 Å². The van der Waals surface area contributed by atoms with Crippen LogP contribution in [0.4, 0.5) is 0 Å². The number of para-hydroxylation sites is 2. The van der Waals surface area contributed by atoms with Gasteiger partial charge in [0.15, 0.2) is 5.84 Å². The van der Waals surface area contributed by atoms with Gasteiger partial charge in [0.05, 0.1) is 11.0 Å². The van der Waals surface area contributed by atoms with Crippen molar-refractivity contribution in [2.45, 2.75) is 54.9 Å². The summed E-state index contributed by atoms with van der Waals surface area (Å²) >= 11 is 0. The van der Waals surface area contributed by atoms with Gasteiger partial charge in [-0.2, -0.15) is 0 Å². The third-order valence-electron chi connectivity index (χ3n) is 10.4. The molecule has 8 rings (SSSR count). The summed E-state index contributed by atoms with van der Waals surface area (Å²) in [7, 11) is 0. The molecule has 5 heteroatoms. The van der Waals surface area contributed by atoms with E-state index in [9.17, 15) is 4.79 Å². The summed E-state index contributed by atoms with van der Waals surface area (Å²) < 4.78 is 1.72. The van der Waals surface area contributed by atoms with Gasteiger partial charge in [0, 0.05) is 29.5 Å². The molecule has 0 fully saturated rings. The monoisotopic (exact) mass is 798 g/mol. The van der Waals surface area contributed by atoms with Gasteiger partial charge in [0.2, 0.25) is 5.91 Å². The molecule has 0 saturated carbocycles. The second kappa shape index (κ2) is 20.6. The third-order valence-corrected chi connectivity index (χ3v) is 10.4. The molecule has 0 aliphatic carbocycles. The molecule has 7 aromatic carbocycles. The summed E-state index contributed by atoms with van der Waals surface area (Å²) in [5, 5.41) is 0. The maximum atomic E-state index is 12.6. The van der Waals surface area contributed by atoms with Gasteiger partial charge in [0.1, 0.15) is 5.82 Å². The molecular formula is C56H54N4O. The number of amidine groups is 1. The number of carbonyl (C=O) groups excluding carboxylic acids is 1. The lowest BCUT2D eigenvalue weighted by Crippen LogP contribution is -2.08. The first kappa shape index (κ1) is 43.3. The first-order valence-corrected chi connectivity index (χ1v) is 20.7. The van der Waals surface area contributed by atoms with Crippen LogP contribution in [0.25, 0.3) is 44.7 Å². The molecule has 5 nitrogen and oxygen atoms in total. The van der Waals surface area contributed by atoms with Crippen LogP contribution < -0.4 is 0 Å². The molecule has 0 atom stereocenters. The van der Waals surface area contributed by atoms with E-state index in [0.717, 1.165) is 62.2 Å². The summed E-state index contributed by atoms with van der Waals surface area (Å²) in [4.78, 5) is 26.6. The second-order valence-corrected chi connectivity index (χ2v) is 15.1. The molecule has 0 unspecified atom stereocenters. The van der Waals surface area contributed by atoms with Gasteiger partial charge < -0.3 is 0 Å². The van der Waals surface area contributed by atoms with E-state index in [0.29, 0.717) is 11.7 Å². The normalized spacial score (nSPS) is 11.3. The number of aliphatic imine (C=N–C) groups is 2. The van der Waals surface area contributed by atoms with Crippen molar-refractivity contribution in [3.05, 3.63) is 222 Å². The van der Waals surface area contributed by atoms with Crippen molar-refractivity contribution in [2.24, 2.45) is 9.98 Å². The van der Waals surface area contributed by atoms with Crippen molar-refractivity contribution in [3.8, 4) is 33.6 Å². The zero-order valence-electron chi connectivity index (χ0n) is 36.4. The lowest BCUT2D eigenvalue weighted by atomic mass is 9.90. The Morgan fingerprint density at radius 1 is 0.590 bits per heavy atom. The van der Waals surface area contributed by atoms with E-state index in [1.54, 1.807) is 11.5 Å². The Hall–Kier alpha value is -7.24. The van der Waals surface area contributed by atoms with E-state index in [-0.39, 0.29) is 5.91 Å². The number of nitrogens with zero attached hydrogens (tertiary/aromatic N) is 4. The Morgan fingerprint density at radius 2 is 1.16 bits per heavy atom. The van der Waals surface area contributed by atoms with E-state index < -0.39 is 0 Å². The van der Waals surface area contributed by atoms with Crippen molar-refractivity contribution in [1.29, 1.82) is 0 Å². The molecule has 61 heavy (non-hydrogen) atoms. The van der Waals surface area contributed by atoms with Crippen molar-refractivity contribution >= 4 is 28.5 Å². The zero-order valence-corrected chi connectivity index (χ0v) is 36.4. The average Bonchev–Trinajstić information content (AvgIpc) is 3.68. The van der Waals surface area contributed by atoms with Crippen LogP contribution in [-0.2, 0) is 6.42 Å². The fraction of sp³-hybridized carbons (Fsp3) is 0.143. The summed E-state index contributed by atoms with van der Waals surface area (Å²) in [6.07, 6.45) is 0.996. The first-order chi connectivity index (χ1) is 29.5. The minimum Gasteiger partial charge on any atom is -0.274 e. The molecule has 0 saturated heterocycles. The topological polar surface area (TPSA) is 59.6 Å². The Kier molecular flexibility index (Phi) is 14.7. The van der Waals surface area contributed by atoms with Crippen LogP contribution in [-0.4, -0.2) is 27.0 Å². The van der Waals surface area contributed by atoms with Gasteiger partial charge in [0.25, 0.3) is 0 Å². The van der Waals surface area contributed by atoms with Crippen molar-refractivity contribution in [3.63, 3.8) is 0 Å². The second-order valence-electron chi connectivity index (χ2n) is 15.1. The number of aromatic nitrogens is 2. The fourth-order valence-electron chi connectivity index (χ4n) is 7.25. The molecule has 1 aromatic heterocycles. The highest BCUT2D eigenvalue weighted by molar-refractivity contribution is 6.11. The number of hydrogen-bond acceptors (Lipinski definition) is 3. The summed E-state index contributed by atoms with van der Waals surface area (Å²) in [5.74, 6) is 1.35. The van der Waals surface area contributed by atoms with Crippen LogP contribution in [0.1, 0.15) is 65.9 Å². The summed E-state index contributed by atoms with van der Waals surface area (Å²) in [5.41, 5.74) is 16.3. The number of hydrogen-bond donors (Lipinski definition) is 0. The van der Waals surface area contributed by atoms with E-state index in [1.165, 1.54) is 27.8 Å². The number of aryl methyl sites for hydroxylation is 3. The highest BCUT2D eigenvalue weighted by Crippen LogP contribution is 2.36. The molecule has 304 valence electrons. The van der Waals surface area contributed by atoms with Crippen molar-refractivity contribution in [2.75, 3.05) is 0 Å². The Labute approximate surface area is 361 Å². The standard InChI is InChI=1S/C31H28N2O.C18H18N2.C7H8/c1-5-23-11-6-7-12-27(23)28-19-24(18-17-20(28)2)25-13-10-14-26(21(25)3)31-32-29-15-8-9-16-30(29)33(31)22(4)34;1-14(2)19-18(17-12-8-5-9-13-17)20-15(3)16-10-6-4-7-11-16;1-7-5-3-2-4-6-7/h6-19H,5H2,1-4H3;4-13H,1H2,2-3H3;2-6H,1H3. The number of allylic oxidation sites excluding steroid dienone is 1. The quantitative estimate of drug-likeness (QED) is 0.119. The van der Waals surface area contributed by atoms with Crippen LogP contribution in [0.2, 0.25) is 0 Å². The number of imidazole rings is 1. The van der Waals surface area contributed by atoms with Gasteiger partial charge >= 0.3 is 0 Å². The maximum absolute atomic E-state index is 12.6. The molecule has 0 radical (unpaired) electrons. The van der Waals surface area contributed by atoms with Gasteiger partial charge in [-0.05, 0) is 104 Å². The van der Waals surface area contributed by atoms with E-state index in [4.69, 9.17) is 4.98 Å². The van der Waals surface area contributed by atoms with E-state index in [1.807, 2.05) is 117 Å². The number of carbonyl (C=O) groups is 1. The van der Waals surface area contributed by atoms with E-state index in [2.05, 4.69) is 117 Å². The van der Waals surface area contributed by atoms with Crippen molar-refractivity contribution in [1.82, 2.24) is 9.55 Å². The highest BCUT2D eigenvalue weighted by Gasteiger charge is 2.19. The van der Waals surface area contributed by atoms with Gasteiger partial charge in [-0.3, -0.25) is 9.36 Å². The van der Waals surface area contributed by atoms with Crippen LogP contribution in [0.15, 0.2) is 198 Å². The van der Waals surface area contributed by atoms with Crippen LogP contribution in [0.3, 0.4) is 0 Å². The highest BCUT2D eigenvalue weighted by atomic mass is 16.1. The lowest BCUT2D eigenvalue weighted by Gasteiger charge is -2.16. The van der Waals surface area contributed by atoms with Gasteiger partial charge in [-0.1, -0.05) is 177 Å². The van der Waals surface area contributed by atoms with E-state index >= 15 is 0 Å². The first-order valence-electron chi connectivity index (χ1n) is 20.7. The molecule has 0 N–H and O–H groups in total. The van der Waals surface area contributed by atoms with Crippen LogP contribution in [0, 0.1) is 20.8 Å². The number of benzene rings is 7. The average molecular weight is 799 g/mol. The smallest absolute Gasteiger partial charge is 0.229 e. The van der Waals surface area contributed by atoms with Crippen LogP contribution >= 0.6 is 0 Å². The predicted molar refractivity (Wildman–Crippen MR) is 259 cm³/mol. The Morgan fingerprint density at radius 3 is 1.79 bits per heavy atom. The minimum absolute atomic E-state index is 0.0395. The molecule has 0 spiro atoms. The Bertz CT molecular complexity index is 2810. The van der Waals surface area contributed by atoms with Gasteiger partial charge in [-0.15, -0.1) is 0 Å². The molecule has 8 aromatic rings. The molecule has 1 heterocycles. The maximum Gasteiger partial charge on any atom is 0.229 e. The molecule has 0 aliphatic heterocycles. The van der Waals surface area contributed by atoms with Crippen molar-refractivity contribution < 1.29 is 4.79 Å². The summed E-state index contributed by atoms with van der Waals surface area (Å²) in [6.45, 7) is 17.9. The lowest BCUT2D eigenvalue weighted by molar-refractivity contribution is 0.0943. The third kappa shape index (κ3) is 10.9. The fourth-order valence-corrected chi connectivity index (χ4v) is 7.25. The van der Waals surface area contributed by atoms with Crippen LogP contribution in [0.5, 0.6) is 0 Å². The zero-order chi connectivity index (χ0) is 43.3. The molecule has 0 bridgehead atoms.